The van der Waals surface area contributed by atoms with E-state index in [0.717, 1.165) is 0 Å². The number of hydrogen-bond donors (Lipinski definition) is 4. The molecule has 2 amide bonds. The van der Waals surface area contributed by atoms with Gasteiger partial charge in [0.25, 0.3) is 11.8 Å². The van der Waals surface area contributed by atoms with E-state index in [1.807, 2.05) is 0 Å². The number of benzene rings is 1. The monoisotopic (exact) mass is 613 g/mol. The number of aromatic nitrogens is 1. The number of rotatable bonds is 6. The minimum Gasteiger partial charge on any atom is -0.480 e. The molecule has 2 atom stereocenters. The second kappa shape index (κ2) is 12.2. The summed E-state index contributed by atoms with van der Waals surface area (Å²) in [6.07, 6.45) is 3.44. The molecule has 0 spiro atoms. The third kappa shape index (κ3) is 5.96. The van der Waals surface area contributed by atoms with Crippen molar-refractivity contribution in [2.24, 2.45) is 4.99 Å². The van der Waals surface area contributed by atoms with Crippen molar-refractivity contribution in [2.45, 2.75) is 31.5 Å². The van der Waals surface area contributed by atoms with Gasteiger partial charge < -0.3 is 35.1 Å². The summed E-state index contributed by atoms with van der Waals surface area (Å²) in [5, 5.41) is 34.5. The van der Waals surface area contributed by atoms with E-state index < -0.39 is 24.0 Å². The van der Waals surface area contributed by atoms with E-state index in [4.69, 9.17) is 32.9 Å². The lowest BCUT2D eigenvalue weighted by Gasteiger charge is -2.30. The standard InChI is InChI=1S/C27H25Cl2N7O6/c28-18-8-15-11-35(25(39)20-9-14-2-1-5-31-24(14)42-20)7-4-17(15)22(29)21(18)23(38)34-19(26(40)41)10-32-27(33-13-30)36-6-3-16(37)12-36/h1-2,5,8-9,16,19,37H,3-4,6-7,10-12H2,(H,32,33)(H,34,38)(H,40,41)/t16-,19-/m0/s1. The van der Waals surface area contributed by atoms with Crippen LogP contribution < -0.4 is 10.6 Å². The maximum Gasteiger partial charge on any atom is 0.328 e. The Morgan fingerprint density at radius 1 is 1.26 bits per heavy atom. The number of fused-ring (bicyclic) bond motifs is 2. The maximum atomic E-state index is 13.2. The van der Waals surface area contributed by atoms with E-state index in [9.17, 15) is 24.6 Å². The van der Waals surface area contributed by atoms with Crippen LogP contribution in [-0.4, -0.2) is 87.1 Å². The van der Waals surface area contributed by atoms with Gasteiger partial charge >= 0.3 is 5.97 Å². The van der Waals surface area contributed by atoms with Crippen LogP contribution in [0.25, 0.3) is 11.1 Å². The quantitative estimate of drug-likeness (QED) is 0.182. The number of β-amino-alcohol motifs (C(OH)–C–C–N with tert-alkyl or cyclic N) is 1. The Labute approximate surface area is 249 Å². The van der Waals surface area contributed by atoms with Crippen molar-refractivity contribution < 1.29 is 29.0 Å². The predicted molar refractivity (Wildman–Crippen MR) is 151 cm³/mol. The minimum absolute atomic E-state index is 0.00614. The molecular formula is C27H25Cl2N7O6. The zero-order valence-electron chi connectivity index (χ0n) is 22.0. The Morgan fingerprint density at radius 3 is 2.76 bits per heavy atom. The largest absolute Gasteiger partial charge is 0.480 e. The number of nitrogens with zero attached hydrogens (tertiary/aromatic N) is 5. The molecule has 4 heterocycles. The van der Waals surface area contributed by atoms with Crippen LogP contribution in [0.15, 0.2) is 39.9 Å². The van der Waals surface area contributed by atoms with E-state index in [1.165, 1.54) is 0 Å². The Hall–Kier alpha value is -4.38. The van der Waals surface area contributed by atoms with Gasteiger partial charge in [0, 0.05) is 44.3 Å². The predicted octanol–water partition coefficient (Wildman–Crippen LogP) is 2.01. The third-order valence-corrected chi connectivity index (χ3v) is 7.83. The fourth-order valence-electron chi connectivity index (χ4n) is 5.00. The first-order valence-corrected chi connectivity index (χ1v) is 13.7. The molecule has 3 aromatic rings. The van der Waals surface area contributed by atoms with E-state index >= 15 is 0 Å². The molecule has 2 aliphatic heterocycles. The van der Waals surface area contributed by atoms with E-state index in [-0.39, 0.29) is 52.9 Å². The molecule has 15 heteroatoms. The summed E-state index contributed by atoms with van der Waals surface area (Å²) in [5.74, 6) is -2.22. The summed E-state index contributed by atoms with van der Waals surface area (Å²) in [6, 6.07) is 5.29. The van der Waals surface area contributed by atoms with E-state index in [1.54, 1.807) is 46.5 Å². The molecule has 0 radical (unpaired) electrons. The highest BCUT2D eigenvalue weighted by atomic mass is 35.5. The summed E-state index contributed by atoms with van der Waals surface area (Å²) < 4.78 is 5.61. The normalized spacial score (nSPS) is 17.5. The van der Waals surface area contributed by atoms with Gasteiger partial charge in [-0.05, 0) is 48.2 Å². The highest BCUT2D eigenvalue weighted by Gasteiger charge is 2.31. The second-order valence-electron chi connectivity index (χ2n) is 9.84. The van der Waals surface area contributed by atoms with Crippen LogP contribution in [0, 0.1) is 11.5 Å². The number of hydrogen-bond acceptors (Lipinski definition) is 8. The lowest BCUT2D eigenvalue weighted by atomic mass is 9.96. The summed E-state index contributed by atoms with van der Waals surface area (Å²) in [4.78, 5) is 49.3. The van der Waals surface area contributed by atoms with Gasteiger partial charge in [-0.1, -0.05) is 23.2 Å². The number of guanidine groups is 1. The molecule has 1 fully saturated rings. The first-order valence-electron chi connectivity index (χ1n) is 13.0. The SMILES string of the molecule is N#C/N=C(\NC[C@H](NC(=O)c1c(Cl)cc2c(c1Cl)CCN(C(=O)c1cc3cccnc3o1)C2)C(=O)O)N1CC[C@H](O)C1. The molecule has 2 aromatic heterocycles. The molecule has 1 saturated heterocycles. The average Bonchev–Trinajstić information content (AvgIpc) is 3.60. The van der Waals surface area contributed by atoms with Gasteiger partial charge in [0.05, 0.1) is 21.7 Å². The molecule has 0 aliphatic carbocycles. The lowest BCUT2D eigenvalue weighted by molar-refractivity contribution is -0.139. The Balaban J connectivity index is 1.29. The number of nitriles is 1. The number of carboxylic acid groups (broad SMARTS) is 1. The number of nitrogens with one attached hydrogen (secondary N) is 2. The first kappa shape index (κ1) is 29.1. The molecule has 5 rings (SSSR count). The van der Waals surface area contributed by atoms with Crippen molar-refractivity contribution in [3.8, 4) is 6.19 Å². The van der Waals surface area contributed by atoms with Crippen LogP contribution in [0.3, 0.4) is 0 Å². The summed E-state index contributed by atoms with van der Waals surface area (Å²) in [6.45, 7) is 0.831. The van der Waals surface area contributed by atoms with Gasteiger partial charge in [-0.2, -0.15) is 5.26 Å². The number of carboxylic acids is 1. The molecule has 1 aromatic carbocycles. The number of aliphatic imine (C=N–C) groups is 1. The number of pyridine rings is 1. The van der Waals surface area contributed by atoms with Gasteiger partial charge in [0.1, 0.15) is 6.04 Å². The second-order valence-corrected chi connectivity index (χ2v) is 10.6. The number of halogens is 2. The highest BCUT2D eigenvalue weighted by Crippen LogP contribution is 2.35. The number of aliphatic carboxylic acids is 1. The zero-order chi connectivity index (χ0) is 30.0. The van der Waals surface area contributed by atoms with Crippen LogP contribution in [0.2, 0.25) is 10.0 Å². The van der Waals surface area contributed by atoms with Gasteiger partial charge in [0.2, 0.25) is 17.9 Å². The van der Waals surface area contributed by atoms with Crippen molar-refractivity contribution in [2.75, 3.05) is 26.2 Å². The minimum atomic E-state index is -1.43. The topological polar surface area (TPSA) is 184 Å². The fraction of sp³-hybridized carbons (Fsp3) is 0.333. The van der Waals surface area contributed by atoms with Crippen molar-refractivity contribution >= 4 is 58.0 Å². The number of furan rings is 1. The fourth-order valence-corrected chi connectivity index (χ4v) is 5.76. The molecule has 218 valence electrons. The zero-order valence-corrected chi connectivity index (χ0v) is 23.5. The molecule has 0 saturated carbocycles. The number of aliphatic hydroxyl groups excluding tert-OH is 1. The van der Waals surface area contributed by atoms with Gasteiger partial charge in [0.15, 0.2) is 5.76 Å². The molecule has 42 heavy (non-hydrogen) atoms. The van der Waals surface area contributed by atoms with Crippen molar-refractivity contribution in [3.05, 3.63) is 63.0 Å². The Morgan fingerprint density at radius 2 is 2.07 bits per heavy atom. The summed E-state index contributed by atoms with van der Waals surface area (Å²) in [7, 11) is 0. The van der Waals surface area contributed by atoms with E-state index in [2.05, 4.69) is 20.6 Å². The third-order valence-electron chi connectivity index (χ3n) is 7.11. The average molecular weight is 614 g/mol. The van der Waals surface area contributed by atoms with Crippen molar-refractivity contribution in [1.82, 2.24) is 25.4 Å². The van der Waals surface area contributed by atoms with E-state index in [0.29, 0.717) is 48.2 Å². The highest BCUT2D eigenvalue weighted by molar-refractivity contribution is 6.40. The summed E-state index contributed by atoms with van der Waals surface area (Å²) >= 11 is 13.1. The van der Waals surface area contributed by atoms with Crippen LogP contribution in [0.5, 0.6) is 0 Å². The lowest BCUT2D eigenvalue weighted by Crippen LogP contribution is -2.51. The van der Waals surface area contributed by atoms with Crippen LogP contribution in [-0.2, 0) is 17.8 Å². The number of carbonyl (C=O) groups is 3. The van der Waals surface area contributed by atoms with Gasteiger partial charge in [-0.15, -0.1) is 4.99 Å². The molecule has 2 aliphatic rings. The van der Waals surface area contributed by atoms with Gasteiger partial charge in [-0.3, -0.25) is 9.59 Å². The first-order chi connectivity index (χ1) is 20.2. The molecular weight excluding hydrogens is 589 g/mol. The van der Waals surface area contributed by atoms with Gasteiger partial charge in [-0.25, -0.2) is 9.78 Å². The smallest absolute Gasteiger partial charge is 0.328 e. The molecule has 13 nitrogen and oxygen atoms in total. The Kier molecular flexibility index (Phi) is 8.49. The number of likely N-dealkylation sites (tertiary alicyclic amines) is 1. The number of carbonyl (C=O) groups excluding carboxylic acids is 2. The molecule has 0 bridgehead atoms. The van der Waals surface area contributed by atoms with Crippen molar-refractivity contribution in [3.63, 3.8) is 0 Å². The number of amides is 2. The molecule has 4 N–H and O–H groups in total. The Bertz CT molecular complexity index is 1600. The van der Waals surface area contributed by atoms with Crippen LogP contribution in [0.1, 0.15) is 38.5 Å². The van der Waals surface area contributed by atoms with Crippen LogP contribution >= 0.6 is 23.2 Å². The van der Waals surface area contributed by atoms with Crippen LogP contribution in [0.4, 0.5) is 0 Å². The van der Waals surface area contributed by atoms with Crippen molar-refractivity contribution in [1.29, 1.82) is 5.26 Å². The maximum absolute atomic E-state index is 13.2. The molecule has 0 unspecified atom stereocenters. The number of aliphatic hydroxyl groups is 1. The summed E-state index contributed by atoms with van der Waals surface area (Å²) in [5.41, 5.74) is 1.55.